The second kappa shape index (κ2) is 12.7. The number of hydrogen-bond donors (Lipinski definition) is 1. The van der Waals surface area contributed by atoms with Gasteiger partial charge in [-0.3, -0.25) is 0 Å². The number of fused-ring (bicyclic) bond motifs is 2. The Labute approximate surface area is 162 Å². The first-order valence-electron chi connectivity index (χ1n) is 11.6. The third-order valence-electron chi connectivity index (χ3n) is 6.40. The molecule has 2 atom stereocenters. The van der Waals surface area contributed by atoms with Crippen LogP contribution in [0.1, 0.15) is 129 Å². The highest BCUT2D eigenvalue weighted by Gasteiger charge is 2.40. The number of rotatable bonds is 14. The van der Waals surface area contributed by atoms with Crippen LogP contribution in [0, 0.1) is 0 Å². The summed E-state index contributed by atoms with van der Waals surface area (Å²) in [6.07, 6.45) is 25.6. The molecule has 0 aromatic heterocycles. The van der Waals surface area contributed by atoms with Crippen LogP contribution in [-0.2, 0) is 0 Å². The van der Waals surface area contributed by atoms with Crippen molar-refractivity contribution < 1.29 is 5.11 Å². The molecule has 0 amide bonds. The van der Waals surface area contributed by atoms with Crippen molar-refractivity contribution in [1.29, 1.82) is 0 Å². The van der Waals surface area contributed by atoms with Crippen LogP contribution in [-0.4, -0.2) is 21.2 Å². The molecule has 0 radical (unpaired) electrons. The van der Waals surface area contributed by atoms with Gasteiger partial charge in [0.1, 0.15) is 0 Å². The first-order valence-corrected chi connectivity index (χ1v) is 12.5. The predicted octanol–water partition coefficient (Wildman–Crippen LogP) is 7.65. The Balaban J connectivity index is 1.37. The van der Waals surface area contributed by atoms with Gasteiger partial charge in [0.25, 0.3) is 0 Å². The van der Waals surface area contributed by atoms with Gasteiger partial charge in [-0.1, -0.05) is 96.8 Å². The molecule has 0 aliphatic carbocycles. The largest absolute Gasteiger partial charge is 0.390 e. The maximum Gasteiger partial charge on any atom is 0.0668 e. The SMILES string of the molecule is CCCCCCCCCCCCCCCC1(O)CC2CCCC(C1)S2. The summed E-state index contributed by atoms with van der Waals surface area (Å²) in [4.78, 5) is 0. The molecule has 0 aromatic carbocycles. The quantitative estimate of drug-likeness (QED) is 0.318. The van der Waals surface area contributed by atoms with Crippen molar-refractivity contribution in [3.63, 3.8) is 0 Å². The molecule has 2 bridgehead atoms. The number of hydrogen-bond acceptors (Lipinski definition) is 2. The van der Waals surface area contributed by atoms with Gasteiger partial charge in [-0.25, -0.2) is 0 Å². The molecule has 25 heavy (non-hydrogen) atoms. The summed E-state index contributed by atoms with van der Waals surface area (Å²) < 4.78 is 0. The summed E-state index contributed by atoms with van der Waals surface area (Å²) in [6, 6.07) is 0. The van der Waals surface area contributed by atoms with Crippen LogP contribution in [0.4, 0.5) is 0 Å². The molecule has 2 rings (SSSR count). The lowest BCUT2D eigenvalue weighted by Crippen LogP contribution is -2.42. The highest BCUT2D eigenvalue weighted by Crippen LogP contribution is 2.47. The van der Waals surface area contributed by atoms with Crippen LogP contribution in [0.5, 0.6) is 0 Å². The zero-order valence-electron chi connectivity index (χ0n) is 16.9. The smallest absolute Gasteiger partial charge is 0.0668 e. The van der Waals surface area contributed by atoms with Crippen molar-refractivity contribution in [3.05, 3.63) is 0 Å². The molecule has 2 aliphatic rings. The van der Waals surface area contributed by atoms with E-state index in [0.29, 0.717) is 0 Å². The molecule has 1 nitrogen and oxygen atoms in total. The van der Waals surface area contributed by atoms with E-state index in [1.165, 1.54) is 103 Å². The fraction of sp³-hybridized carbons (Fsp3) is 1.00. The third kappa shape index (κ3) is 9.18. The van der Waals surface area contributed by atoms with Gasteiger partial charge in [0.2, 0.25) is 0 Å². The Morgan fingerprint density at radius 3 is 1.64 bits per heavy atom. The van der Waals surface area contributed by atoms with Gasteiger partial charge in [-0.2, -0.15) is 11.8 Å². The van der Waals surface area contributed by atoms with Crippen molar-refractivity contribution in [2.75, 3.05) is 0 Å². The maximum atomic E-state index is 10.9. The molecule has 1 N–H and O–H groups in total. The minimum absolute atomic E-state index is 0.307. The van der Waals surface area contributed by atoms with Crippen LogP contribution in [0.25, 0.3) is 0 Å². The van der Waals surface area contributed by atoms with Crippen molar-refractivity contribution in [1.82, 2.24) is 0 Å². The summed E-state index contributed by atoms with van der Waals surface area (Å²) in [7, 11) is 0. The second-order valence-electron chi connectivity index (χ2n) is 8.94. The monoisotopic (exact) mass is 368 g/mol. The summed E-state index contributed by atoms with van der Waals surface area (Å²) in [5.41, 5.74) is -0.307. The van der Waals surface area contributed by atoms with Crippen LogP contribution < -0.4 is 0 Å². The fourth-order valence-electron chi connectivity index (χ4n) is 4.89. The minimum atomic E-state index is -0.307. The Morgan fingerprint density at radius 1 is 0.720 bits per heavy atom. The fourth-order valence-corrected chi connectivity index (χ4v) is 6.85. The number of aliphatic hydroxyl groups is 1. The topological polar surface area (TPSA) is 20.2 Å². The first-order chi connectivity index (χ1) is 12.2. The highest BCUT2D eigenvalue weighted by atomic mass is 32.2. The van der Waals surface area contributed by atoms with Crippen molar-refractivity contribution in [2.24, 2.45) is 0 Å². The summed E-state index contributed by atoms with van der Waals surface area (Å²) in [6.45, 7) is 2.29. The standard InChI is InChI=1S/C23H44OS/c1-2-3-4-5-6-7-8-9-10-11-12-13-14-18-23(24)19-21-16-15-17-22(20-23)25-21/h21-22,24H,2-20H2,1H3. The lowest BCUT2D eigenvalue weighted by atomic mass is 9.82. The second-order valence-corrected chi connectivity index (χ2v) is 10.5. The number of thioether (sulfide) groups is 1. The Morgan fingerprint density at radius 2 is 1.16 bits per heavy atom. The van der Waals surface area contributed by atoms with Crippen molar-refractivity contribution in [2.45, 2.75) is 145 Å². The molecule has 0 aromatic rings. The predicted molar refractivity (Wildman–Crippen MR) is 114 cm³/mol. The Bertz CT molecular complexity index is 318. The van der Waals surface area contributed by atoms with E-state index in [0.717, 1.165) is 29.8 Å². The van der Waals surface area contributed by atoms with E-state index in [1.807, 2.05) is 0 Å². The molecule has 2 aliphatic heterocycles. The normalized spacial score (nSPS) is 29.0. The van der Waals surface area contributed by atoms with Crippen LogP contribution in [0.15, 0.2) is 0 Å². The van der Waals surface area contributed by atoms with Gasteiger partial charge in [-0.05, 0) is 32.1 Å². The van der Waals surface area contributed by atoms with Crippen molar-refractivity contribution in [3.8, 4) is 0 Å². The molecule has 0 saturated carbocycles. The minimum Gasteiger partial charge on any atom is -0.390 e. The average molecular weight is 369 g/mol. The summed E-state index contributed by atoms with van der Waals surface area (Å²) >= 11 is 2.18. The van der Waals surface area contributed by atoms with E-state index in [-0.39, 0.29) is 5.60 Å². The lowest BCUT2D eigenvalue weighted by molar-refractivity contribution is 0.00235. The molecule has 2 heterocycles. The van der Waals surface area contributed by atoms with E-state index in [2.05, 4.69) is 18.7 Å². The highest BCUT2D eigenvalue weighted by molar-refractivity contribution is 8.00. The van der Waals surface area contributed by atoms with E-state index in [4.69, 9.17) is 0 Å². The Kier molecular flexibility index (Phi) is 10.9. The van der Waals surface area contributed by atoms with Crippen molar-refractivity contribution >= 4 is 11.8 Å². The molecule has 2 heteroatoms. The Hall–Kier alpha value is 0.310. The zero-order valence-corrected chi connectivity index (χ0v) is 17.8. The molecular formula is C23H44OS. The average Bonchev–Trinajstić information content (AvgIpc) is 2.58. The van der Waals surface area contributed by atoms with Gasteiger partial charge >= 0.3 is 0 Å². The van der Waals surface area contributed by atoms with Crippen LogP contribution in [0.2, 0.25) is 0 Å². The van der Waals surface area contributed by atoms with Crippen LogP contribution in [0.3, 0.4) is 0 Å². The summed E-state index contributed by atoms with van der Waals surface area (Å²) in [5, 5.41) is 12.5. The number of unbranched alkanes of at least 4 members (excludes halogenated alkanes) is 12. The van der Waals surface area contributed by atoms with E-state index < -0.39 is 0 Å². The van der Waals surface area contributed by atoms with E-state index >= 15 is 0 Å². The van der Waals surface area contributed by atoms with Gasteiger partial charge in [0, 0.05) is 10.5 Å². The molecule has 148 valence electrons. The third-order valence-corrected chi connectivity index (χ3v) is 7.97. The van der Waals surface area contributed by atoms with Gasteiger partial charge in [0.05, 0.1) is 5.60 Å². The lowest BCUT2D eigenvalue weighted by Gasteiger charge is -2.44. The van der Waals surface area contributed by atoms with Gasteiger partial charge < -0.3 is 5.11 Å². The molecule has 2 fully saturated rings. The van der Waals surface area contributed by atoms with Crippen LogP contribution >= 0.6 is 11.8 Å². The van der Waals surface area contributed by atoms with E-state index in [1.54, 1.807) is 0 Å². The maximum absolute atomic E-state index is 10.9. The molecule has 2 unspecified atom stereocenters. The first kappa shape index (κ1) is 21.6. The summed E-state index contributed by atoms with van der Waals surface area (Å²) in [5.74, 6) is 0. The molecule has 2 saturated heterocycles. The zero-order chi connectivity index (χ0) is 17.8. The van der Waals surface area contributed by atoms with E-state index in [9.17, 15) is 5.11 Å². The van der Waals surface area contributed by atoms with Gasteiger partial charge in [-0.15, -0.1) is 0 Å². The van der Waals surface area contributed by atoms with Gasteiger partial charge in [0.15, 0.2) is 0 Å². The molecular weight excluding hydrogens is 324 g/mol. The molecule has 0 spiro atoms.